The van der Waals surface area contributed by atoms with Crippen LogP contribution in [0.15, 0.2) is 11.1 Å². The van der Waals surface area contributed by atoms with E-state index >= 15 is 0 Å². The van der Waals surface area contributed by atoms with Crippen molar-refractivity contribution in [2.24, 2.45) is 0 Å². The van der Waals surface area contributed by atoms with Crippen LogP contribution in [-0.2, 0) is 31.6 Å². The monoisotopic (exact) mass is 532 g/mol. The zero-order chi connectivity index (χ0) is 23.8. The molecule has 1 saturated heterocycles. The number of aliphatic hydroxyl groups excluding tert-OH is 3. The summed E-state index contributed by atoms with van der Waals surface area (Å²) in [5.74, 6) is 0. The van der Waals surface area contributed by atoms with Gasteiger partial charge in [0.25, 0.3) is 0 Å². The Morgan fingerprint density at radius 1 is 1.10 bits per heavy atom. The van der Waals surface area contributed by atoms with Crippen LogP contribution < -0.4 is 5.32 Å². The lowest BCUT2D eigenvalue weighted by Gasteiger charge is -2.33. The van der Waals surface area contributed by atoms with E-state index in [4.69, 9.17) is 19.4 Å². The van der Waals surface area contributed by atoms with Crippen molar-refractivity contribution in [1.82, 2.24) is 10.2 Å². The number of amides is 2. The summed E-state index contributed by atoms with van der Waals surface area (Å²) in [7, 11) is -16.8. The molecule has 2 aliphatic heterocycles. The topological polar surface area (TPSA) is 262 Å². The number of hydrogen-bond acceptors (Lipinski definition) is 12. The number of carbonyl (C=O) groups excluding carboxylic acids is 1. The van der Waals surface area contributed by atoms with Crippen LogP contribution in [-0.4, -0.2) is 89.5 Å². The van der Waals surface area contributed by atoms with E-state index in [0.717, 1.165) is 22.9 Å². The molecule has 180 valence electrons. The number of hydrogen-bond donors (Lipinski definition) is 8. The summed E-state index contributed by atoms with van der Waals surface area (Å²) in [6.07, 6.45) is -5.15. The molecule has 3 unspecified atom stereocenters. The Morgan fingerprint density at radius 3 is 2.26 bits per heavy atom. The molecule has 0 aromatic carbocycles. The van der Waals surface area contributed by atoms with E-state index in [1.165, 1.54) is 0 Å². The highest BCUT2D eigenvalue weighted by Gasteiger charge is 2.49. The number of thioether (sulfide) groups is 1. The first-order valence-electron chi connectivity index (χ1n) is 7.88. The second-order valence-corrected chi connectivity index (χ2v) is 11.2. The number of phosphoric acid groups is 3. The van der Waals surface area contributed by atoms with Crippen molar-refractivity contribution < 1.29 is 71.3 Å². The smallest absolute Gasteiger partial charge is 0.387 e. The van der Waals surface area contributed by atoms with Gasteiger partial charge in [0.2, 0.25) is 0 Å². The zero-order valence-corrected chi connectivity index (χ0v) is 18.8. The van der Waals surface area contributed by atoms with Crippen LogP contribution in [0, 0.1) is 0 Å². The molecule has 0 bridgehead atoms. The first-order chi connectivity index (χ1) is 14.1. The van der Waals surface area contributed by atoms with Crippen molar-refractivity contribution in [1.29, 1.82) is 0 Å². The summed E-state index contributed by atoms with van der Waals surface area (Å²) >= 11 is 1.07. The minimum absolute atomic E-state index is 0.265. The fourth-order valence-corrected chi connectivity index (χ4v) is 5.98. The number of urea groups is 1. The number of rotatable bonds is 9. The van der Waals surface area contributed by atoms with Gasteiger partial charge in [-0.2, -0.15) is 8.62 Å². The third-order valence-electron chi connectivity index (χ3n) is 3.70. The second kappa shape index (κ2) is 9.85. The molecule has 7 atom stereocenters. The van der Waals surface area contributed by atoms with Crippen LogP contribution in [0.25, 0.3) is 0 Å². The summed E-state index contributed by atoms with van der Waals surface area (Å²) in [5, 5.41) is 32.1. The number of carbonyl (C=O) groups is 1. The molecule has 0 saturated carbocycles. The van der Waals surface area contributed by atoms with Crippen molar-refractivity contribution in [3.8, 4) is 0 Å². The van der Waals surface area contributed by atoms with Gasteiger partial charge in [0.15, 0.2) is 12.5 Å². The van der Waals surface area contributed by atoms with Gasteiger partial charge in [0.05, 0.1) is 6.61 Å². The van der Waals surface area contributed by atoms with Gasteiger partial charge in [-0.25, -0.2) is 18.5 Å². The molecule has 2 amide bonds. The highest BCUT2D eigenvalue weighted by atomic mass is 32.2. The Hall–Kier alpha value is -0.390. The van der Waals surface area contributed by atoms with Gasteiger partial charge >= 0.3 is 29.5 Å². The van der Waals surface area contributed by atoms with E-state index in [0.29, 0.717) is 0 Å². The Morgan fingerprint density at radius 2 is 1.71 bits per heavy atom. The third kappa shape index (κ3) is 7.30. The zero-order valence-electron chi connectivity index (χ0n) is 15.3. The quantitative estimate of drug-likeness (QED) is 0.154. The molecule has 2 heterocycles. The lowest BCUT2D eigenvalue weighted by molar-refractivity contribution is -0.0672. The first kappa shape index (κ1) is 26.9. The predicted molar refractivity (Wildman–Crippen MR) is 98.5 cm³/mol. The van der Waals surface area contributed by atoms with Crippen molar-refractivity contribution in [2.45, 2.75) is 30.8 Å². The molecule has 2 aliphatic rings. The number of phosphoric ester groups is 1. The maximum absolute atomic E-state index is 12.1. The van der Waals surface area contributed by atoms with E-state index in [1.807, 2.05) is 0 Å². The van der Waals surface area contributed by atoms with Crippen LogP contribution in [0.3, 0.4) is 0 Å². The van der Waals surface area contributed by atoms with E-state index in [-0.39, 0.29) is 4.91 Å². The molecule has 0 radical (unpaired) electrons. The molecule has 21 heteroatoms. The van der Waals surface area contributed by atoms with Crippen molar-refractivity contribution in [2.75, 3.05) is 12.9 Å². The second-order valence-electron chi connectivity index (χ2n) is 5.93. The van der Waals surface area contributed by atoms with Crippen molar-refractivity contribution in [3.05, 3.63) is 11.1 Å². The van der Waals surface area contributed by atoms with E-state index < -0.39 is 66.9 Å². The summed E-state index contributed by atoms with van der Waals surface area (Å²) in [6, 6.07) is -0.893. The minimum atomic E-state index is -5.73. The van der Waals surface area contributed by atoms with E-state index in [2.05, 4.69) is 18.5 Å². The molecular formula is C10H19N2O15P3S. The number of aliphatic hydroxyl groups is 3. The van der Waals surface area contributed by atoms with E-state index in [9.17, 15) is 38.7 Å². The van der Waals surface area contributed by atoms with Crippen LogP contribution in [0.2, 0.25) is 0 Å². The molecule has 8 N–H and O–H groups in total. The van der Waals surface area contributed by atoms with E-state index in [1.54, 1.807) is 6.26 Å². The van der Waals surface area contributed by atoms with Gasteiger partial charge in [-0.05, 0) is 6.26 Å². The van der Waals surface area contributed by atoms with Crippen LogP contribution in [0.5, 0.6) is 0 Å². The summed E-state index contributed by atoms with van der Waals surface area (Å²) in [4.78, 5) is 48.6. The number of nitrogens with one attached hydrogen (secondary N) is 1. The summed E-state index contributed by atoms with van der Waals surface area (Å²) < 4.78 is 50.3. The van der Waals surface area contributed by atoms with Gasteiger partial charge in [0.1, 0.15) is 18.3 Å². The van der Waals surface area contributed by atoms with Crippen LogP contribution >= 0.6 is 35.2 Å². The molecule has 0 aromatic rings. The first-order valence-corrected chi connectivity index (χ1v) is 13.6. The van der Waals surface area contributed by atoms with Gasteiger partial charge in [-0.1, -0.05) is 0 Å². The normalized spacial score (nSPS) is 33.4. The maximum Gasteiger partial charge on any atom is 0.490 e. The molecule has 0 spiro atoms. The number of nitrogens with zero attached hydrogens (tertiary/aromatic N) is 1. The van der Waals surface area contributed by atoms with Crippen molar-refractivity contribution >= 4 is 41.3 Å². The molecule has 31 heavy (non-hydrogen) atoms. The third-order valence-corrected chi connectivity index (χ3v) is 8.30. The Kier molecular flexibility index (Phi) is 8.53. The predicted octanol–water partition coefficient (Wildman–Crippen LogP) is -1.68. The molecular weight excluding hydrogens is 513 g/mol. The standard InChI is InChI=1S/C10H19N2O15P3S/c1-31-5-2-12(10(16)11-8(5)15)9-7(14)6(13)4(25-9)3-24-29(20,21)27-30(22,23)26-28(17,18)19/h2,4,6-9,13-15H,3H2,1H3,(H,11,16)(H,20,21)(H,22,23)(H2,17,18,19)/t4-,6-,7-,8?,9-/m1/s1. The summed E-state index contributed by atoms with van der Waals surface area (Å²) in [6.45, 7) is -1.03. The average molecular weight is 532 g/mol. The molecule has 0 aromatic heterocycles. The number of ether oxygens (including phenoxy) is 1. The highest BCUT2D eigenvalue weighted by Crippen LogP contribution is 2.66. The molecule has 0 aliphatic carbocycles. The lowest BCUT2D eigenvalue weighted by Crippen LogP contribution is -2.54. The molecule has 2 rings (SSSR count). The average Bonchev–Trinajstić information content (AvgIpc) is 2.85. The Labute approximate surface area is 178 Å². The fourth-order valence-electron chi connectivity index (χ4n) is 2.45. The van der Waals surface area contributed by atoms with Crippen molar-refractivity contribution in [3.63, 3.8) is 0 Å². The van der Waals surface area contributed by atoms with Crippen LogP contribution in [0.1, 0.15) is 0 Å². The minimum Gasteiger partial charge on any atom is -0.387 e. The van der Waals surface area contributed by atoms with Crippen LogP contribution in [0.4, 0.5) is 4.79 Å². The molecule has 17 nitrogen and oxygen atoms in total. The Balaban J connectivity index is 2.05. The van der Waals surface area contributed by atoms with Gasteiger partial charge < -0.3 is 44.9 Å². The SMILES string of the molecule is CSC1=CN([C@@H]2O[C@H](COP(=O)(O)OP(=O)(O)OP(=O)(O)O)[C@@H](O)[C@H]2O)C(=O)NC1O. The largest absolute Gasteiger partial charge is 0.490 e. The molecule has 1 fully saturated rings. The van der Waals surface area contributed by atoms with Gasteiger partial charge in [-0.3, -0.25) is 9.42 Å². The maximum atomic E-state index is 12.1. The summed E-state index contributed by atoms with van der Waals surface area (Å²) in [5.41, 5.74) is 0. The highest BCUT2D eigenvalue weighted by molar-refractivity contribution is 8.02. The lowest BCUT2D eigenvalue weighted by atomic mass is 10.1. The van der Waals surface area contributed by atoms with Gasteiger partial charge in [0, 0.05) is 11.1 Å². The fraction of sp³-hybridized carbons (Fsp3) is 0.700. The Bertz CT molecular complexity index is 864. The van der Waals surface area contributed by atoms with Gasteiger partial charge in [-0.15, -0.1) is 11.8 Å².